The van der Waals surface area contributed by atoms with Crippen LogP contribution in [0.15, 0.2) is 42.9 Å². The molecule has 0 saturated heterocycles. The van der Waals surface area contributed by atoms with E-state index in [4.69, 9.17) is 0 Å². The Balaban J connectivity index is -0.000000695. The van der Waals surface area contributed by atoms with Crippen LogP contribution in [0.5, 0.6) is 0 Å². The van der Waals surface area contributed by atoms with E-state index >= 15 is 0 Å². The minimum absolute atomic E-state index is 0.0350. The zero-order valence-electron chi connectivity index (χ0n) is 19.7. The monoisotopic (exact) mass is 616 g/mol. The van der Waals surface area contributed by atoms with Gasteiger partial charge >= 0.3 is 0 Å². The highest BCUT2D eigenvalue weighted by Gasteiger charge is 2.42. The second-order valence-corrected chi connectivity index (χ2v) is 6.35. The zero-order valence-corrected chi connectivity index (χ0v) is 24.0. The Hall–Kier alpha value is -0.150. The van der Waals surface area contributed by atoms with E-state index in [0.29, 0.717) is 0 Å². The maximum atomic E-state index is 11.1. The number of halogens is 2. The van der Waals surface area contributed by atoms with Crippen LogP contribution in [0, 0.1) is 5.92 Å². The molecule has 1 aromatic heterocycles. The summed E-state index contributed by atoms with van der Waals surface area (Å²) in [5, 5.41) is 11.1. The first kappa shape index (κ1) is 32.5. The first-order chi connectivity index (χ1) is 13.3. The van der Waals surface area contributed by atoms with Crippen LogP contribution in [0.2, 0.25) is 0 Å². The van der Waals surface area contributed by atoms with Gasteiger partial charge in [-0.1, -0.05) is 92.6 Å². The Bertz CT molecular complexity index is 581. The van der Waals surface area contributed by atoms with Crippen molar-refractivity contribution in [3.63, 3.8) is 0 Å². The van der Waals surface area contributed by atoms with Crippen molar-refractivity contribution in [1.29, 1.82) is 0 Å². The van der Waals surface area contributed by atoms with Crippen LogP contribution >= 0.6 is 37.2 Å². The van der Waals surface area contributed by atoms with Crippen molar-refractivity contribution in [2.24, 2.45) is 13.0 Å². The topological polar surface area (TPSA) is 38.1 Å². The average molecular weight is 616 g/mol. The zero-order chi connectivity index (χ0) is 23.0. The number of hydrogen-bond donors (Lipinski definition) is 1. The third-order valence-corrected chi connectivity index (χ3v) is 4.78. The second kappa shape index (κ2) is 17.7. The van der Waals surface area contributed by atoms with Gasteiger partial charge in [-0.3, -0.25) is 0 Å². The van der Waals surface area contributed by atoms with Crippen LogP contribution in [-0.4, -0.2) is 14.7 Å². The Morgan fingerprint density at radius 2 is 1.36 bits per heavy atom. The van der Waals surface area contributed by atoms with Gasteiger partial charge in [-0.2, -0.15) is 0 Å². The summed E-state index contributed by atoms with van der Waals surface area (Å²) in [7, 11) is 1.92. The third-order valence-electron chi connectivity index (χ3n) is 4.78. The van der Waals surface area contributed by atoms with Gasteiger partial charge in [0.1, 0.15) is 5.60 Å². The van der Waals surface area contributed by atoms with Gasteiger partial charge in [-0.15, -0.1) is 0 Å². The highest BCUT2D eigenvalue weighted by atomic mass is 128. The van der Waals surface area contributed by atoms with Gasteiger partial charge in [-0.05, 0) is 23.8 Å². The number of aromatic nitrogens is 2. The largest absolute Gasteiger partial charge is 0.384 e. The molecule has 2 unspecified atom stereocenters. The molecule has 0 amide bonds. The summed E-state index contributed by atoms with van der Waals surface area (Å²) in [4.78, 5) is 4.13. The number of imidazole rings is 1. The van der Waals surface area contributed by atoms with Crippen LogP contribution in [0.1, 0.15) is 80.5 Å². The number of rotatable bonds is 4. The molecule has 2 atom stereocenters. The van der Waals surface area contributed by atoms with Crippen molar-refractivity contribution in [2.45, 2.75) is 80.3 Å². The number of hydrogen-bond acceptors (Lipinski definition) is 2. The average Bonchev–Trinajstić information content (AvgIpc) is 3.21. The van der Waals surface area contributed by atoms with Gasteiger partial charge in [0, 0.05) is 44.3 Å². The molecular formula is C23H42I2N2O. The molecule has 0 spiro atoms. The molecule has 1 N–H and O–H groups in total. The predicted molar refractivity (Wildman–Crippen MR) is 143 cm³/mol. The number of aliphatic hydroxyl groups is 1. The first-order valence-corrected chi connectivity index (χ1v) is 16.5. The van der Waals surface area contributed by atoms with Crippen molar-refractivity contribution < 1.29 is 5.11 Å². The molecule has 28 heavy (non-hydrogen) atoms. The Labute approximate surface area is 198 Å². The fourth-order valence-corrected chi connectivity index (χ4v) is 2.89. The molecule has 0 aliphatic carbocycles. The van der Waals surface area contributed by atoms with Gasteiger partial charge in [0.25, 0.3) is 0 Å². The van der Waals surface area contributed by atoms with E-state index in [0.717, 1.165) is 5.69 Å². The Morgan fingerprint density at radius 3 is 1.71 bits per heavy atom. The Kier molecular flexibility index (Phi) is 20.5. The second-order valence-electron chi connectivity index (χ2n) is 6.35. The summed E-state index contributed by atoms with van der Waals surface area (Å²) in [6.07, 6.45) is 3.48. The standard InChI is InChI=1S/C17H24N2O.3C2H6.I2/c1-13(16(2,3)14-9-7-6-8-10-14)17(4,20)15-11-18-12-19(15)5;4*1-2/h6-13,20H,1-5H3;3*1-2H3;. The van der Waals surface area contributed by atoms with Crippen LogP contribution in [0.25, 0.3) is 0 Å². The minimum atomic E-state index is -0.940. The normalized spacial score (nSPS) is 12.8. The molecule has 164 valence electrons. The Morgan fingerprint density at radius 1 is 0.929 bits per heavy atom. The molecule has 0 saturated carbocycles. The quantitative estimate of drug-likeness (QED) is 0.353. The van der Waals surface area contributed by atoms with E-state index in [1.165, 1.54) is 5.56 Å². The smallest absolute Gasteiger partial charge is 0.107 e. The third kappa shape index (κ3) is 9.11. The van der Waals surface area contributed by atoms with Crippen LogP contribution < -0.4 is 0 Å². The summed E-state index contributed by atoms with van der Waals surface area (Å²) in [6.45, 7) is 20.3. The summed E-state index contributed by atoms with van der Waals surface area (Å²) < 4.78 is 1.89. The van der Waals surface area contributed by atoms with E-state index in [1.54, 1.807) is 12.5 Å². The molecular weight excluding hydrogens is 574 g/mol. The molecule has 0 aliphatic heterocycles. The lowest BCUT2D eigenvalue weighted by Gasteiger charge is -2.41. The molecule has 2 aromatic rings. The predicted octanol–water partition coefficient (Wildman–Crippen LogP) is 8.09. The number of benzene rings is 1. The summed E-state index contributed by atoms with van der Waals surface area (Å²) in [5.41, 5.74) is 0.989. The molecule has 0 radical (unpaired) electrons. The van der Waals surface area contributed by atoms with Crippen LogP contribution in [-0.2, 0) is 18.1 Å². The SMILES string of the molecule is CC.CC.CC.CC(C(C)(C)c1ccccc1)C(C)(O)c1cncn1C.II. The number of nitrogens with zero attached hydrogens (tertiary/aromatic N) is 2. The fourth-order valence-electron chi connectivity index (χ4n) is 2.89. The molecule has 0 fully saturated rings. The van der Waals surface area contributed by atoms with Crippen molar-refractivity contribution in [2.75, 3.05) is 0 Å². The molecule has 0 aliphatic rings. The van der Waals surface area contributed by atoms with Gasteiger partial charge in [-0.25, -0.2) is 4.98 Å². The maximum Gasteiger partial charge on any atom is 0.107 e. The first-order valence-electron chi connectivity index (χ1n) is 10.2. The van der Waals surface area contributed by atoms with E-state index in [1.807, 2.05) is 78.3 Å². The molecule has 0 bridgehead atoms. The molecule has 5 heteroatoms. The summed E-state index contributed by atoms with van der Waals surface area (Å²) in [6, 6.07) is 10.3. The highest BCUT2D eigenvalue weighted by molar-refractivity contribution is 15.0. The molecule has 3 nitrogen and oxygen atoms in total. The number of aryl methyl sites for hydroxylation is 1. The summed E-state index contributed by atoms with van der Waals surface area (Å²) in [5.74, 6) is 0.0350. The molecule has 1 aromatic carbocycles. The summed E-state index contributed by atoms with van der Waals surface area (Å²) >= 11 is 4.24. The lowest BCUT2D eigenvalue weighted by Crippen LogP contribution is -2.43. The van der Waals surface area contributed by atoms with Gasteiger partial charge in [0.15, 0.2) is 0 Å². The van der Waals surface area contributed by atoms with E-state index in [-0.39, 0.29) is 11.3 Å². The minimum Gasteiger partial charge on any atom is -0.384 e. The van der Waals surface area contributed by atoms with Gasteiger partial charge in [0.05, 0.1) is 18.2 Å². The van der Waals surface area contributed by atoms with E-state index < -0.39 is 5.60 Å². The van der Waals surface area contributed by atoms with Gasteiger partial charge < -0.3 is 9.67 Å². The fraction of sp³-hybridized carbons (Fsp3) is 0.609. The van der Waals surface area contributed by atoms with Crippen LogP contribution in [0.3, 0.4) is 0 Å². The van der Waals surface area contributed by atoms with Crippen LogP contribution in [0.4, 0.5) is 0 Å². The van der Waals surface area contributed by atoms with Crippen molar-refractivity contribution >= 4 is 37.2 Å². The molecule has 1 heterocycles. The van der Waals surface area contributed by atoms with E-state index in [9.17, 15) is 5.11 Å². The van der Waals surface area contributed by atoms with Crippen molar-refractivity contribution in [3.05, 3.63) is 54.1 Å². The van der Waals surface area contributed by atoms with E-state index in [2.05, 4.69) is 75.1 Å². The van der Waals surface area contributed by atoms with Gasteiger partial charge in [0.2, 0.25) is 0 Å². The molecule has 2 rings (SSSR count). The van der Waals surface area contributed by atoms with Crippen molar-refractivity contribution in [1.82, 2.24) is 9.55 Å². The highest BCUT2D eigenvalue weighted by Crippen LogP contribution is 2.42. The maximum absolute atomic E-state index is 11.1. The lowest BCUT2D eigenvalue weighted by atomic mass is 9.66. The lowest BCUT2D eigenvalue weighted by molar-refractivity contribution is -0.0332. The van der Waals surface area contributed by atoms with Crippen molar-refractivity contribution in [3.8, 4) is 0 Å².